The third-order valence-corrected chi connectivity index (χ3v) is 2.84. The molecule has 22 heavy (non-hydrogen) atoms. The van der Waals surface area contributed by atoms with Crippen LogP contribution in [0.25, 0.3) is 0 Å². The average Bonchev–Trinajstić information content (AvgIpc) is 2.41. The van der Waals surface area contributed by atoms with E-state index >= 15 is 0 Å². The fraction of sp³-hybridized carbons (Fsp3) is 0.500. The summed E-state index contributed by atoms with van der Waals surface area (Å²) in [5.74, 6) is -0.207. The van der Waals surface area contributed by atoms with Crippen molar-refractivity contribution in [2.24, 2.45) is 0 Å². The van der Waals surface area contributed by atoms with Crippen molar-refractivity contribution >= 4 is 12.1 Å². The molecule has 0 bridgehead atoms. The van der Waals surface area contributed by atoms with Crippen LogP contribution in [-0.4, -0.2) is 29.9 Å². The number of phenolic OH excluding ortho intramolecular Hbond substituents is 1. The molecule has 1 aromatic carbocycles. The van der Waals surface area contributed by atoms with Crippen LogP contribution in [0, 0.1) is 0 Å². The van der Waals surface area contributed by atoms with Crippen LogP contribution in [0.5, 0.6) is 5.75 Å². The van der Waals surface area contributed by atoms with E-state index in [0.717, 1.165) is 11.1 Å². The quantitative estimate of drug-likeness (QED) is 0.816. The van der Waals surface area contributed by atoms with E-state index in [9.17, 15) is 14.7 Å². The molecule has 0 saturated carbocycles. The monoisotopic (exact) mass is 309 g/mol. The van der Waals surface area contributed by atoms with E-state index in [1.54, 1.807) is 39.0 Å². The van der Waals surface area contributed by atoms with Gasteiger partial charge in [0.2, 0.25) is 0 Å². The van der Waals surface area contributed by atoms with E-state index in [4.69, 9.17) is 4.74 Å². The average molecular weight is 309 g/mol. The molecule has 0 atom stereocenters. The van der Waals surface area contributed by atoms with Crippen molar-refractivity contribution in [3.8, 4) is 5.75 Å². The number of esters is 1. The third kappa shape index (κ3) is 6.47. The second kappa shape index (κ2) is 7.68. The second-order valence-electron chi connectivity index (χ2n) is 5.88. The van der Waals surface area contributed by atoms with Crippen molar-refractivity contribution in [3.63, 3.8) is 0 Å². The van der Waals surface area contributed by atoms with Gasteiger partial charge in [0.05, 0.1) is 7.11 Å². The number of alkyl carbamates (subject to hydrolysis) is 1. The van der Waals surface area contributed by atoms with Gasteiger partial charge in [-0.05, 0) is 50.5 Å². The van der Waals surface area contributed by atoms with Crippen LogP contribution in [0.3, 0.4) is 0 Å². The summed E-state index contributed by atoms with van der Waals surface area (Å²) < 4.78 is 9.77. The van der Waals surface area contributed by atoms with Crippen LogP contribution in [0.4, 0.5) is 4.79 Å². The largest absolute Gasteiger partial charge is 0.508 e. The Morgan fingerprint density at radius 3 is 2.50 bits per heavy atom. The molecule has 1 amide bonds. The molecule has 0 unspecified atom stereocenters. The van der Waals surface area contributed by atoms with Crippen LogP contribution in [0.1, 0.15) is 38.3 Å². The summed E-state index contributed by atoms with van der Waals surface area (Å²) in [5.41, 5.74) is 1.02. The predicted octanol–water partition coefficient (Wildman–Crippen LogP) is 2.52. The summed E-state index contributed by atoms with van der Waals surface area (Å²) in [7, 11) is 1.34. The number of hydrogen-bond acceptors (Lipinski definition) is 5. The highest BCUT2D eigenvalue weighted by Crippen LogP contribution is 2.18. The normalized spacial score (nSPS) is 10.9. The van der Waals surface area contributed by atoms with E-state index in [2.05, 4.69) is 10.1 Å². The summed E-state index contributed by atoms with van der Waals surface area (Å²) in [5, 5.41) is 12.2. The highest BCUT2D eigenvalue weighted by atomic mass is 16.6. The van der Waals surface area contributed by atoms with Gasteiger partial charge in [0.25, 0.3) is 0 Å². The Bertz CT molecular complexity index is 534. The molecule has 1 rings (SSSR count). The molecular formula is C16H23NO5. The van der Waals surface area contributed by atoms with Gasteiger partial charge in [-0.25, -0.2) is 4.79 Å². The Hall–Kier alpha value is -2.24. The van der Waals surface area contributed by atoms with Crippen molar-refractivity contribution in [2.45, 2.75) is 45.8 Å². The van der Waals surface area contributed by atoms with Crippen LogP contribution >= 0.6 is 0 Å². The van der Waals surface area contributed by atoms with Gasteiger partial charge < -0.3 is 19.9 Å². The molecule has 2 N–H and O–H groups in total. The van der Waals surface area contributed by atoms with Gasteiger partial charge in [-0.3, -0.25) is 4.79 Å². The zero-order valence-electron chi connectivity index (χ0n) is 13.4. The Morgan fingerprint density at radius 2 is 1.91 bits per heavy atom. The minimum Gasteiger partial charge on any atom is -0.508 e. The Morgan fingerprint density at radius 1 is 1.23 bits per heavy atom. The van der Waals surface area contributed by atoms with Gasteiger partial charge in [0, 0.05) is 13.0 Å². The number of carbonyl (C=O) groups is 2. The second-order valence-corrected chi connectivity index (χ2v) is 5.88. The lowest BCUT2D eigenvalue weighted by Crippen LogP contribution is -2.32. The number of phenols is 1. The summed E-state index contributed by atoms with van der Waals surface area (Å²) >= 11 is 0. The first kappa shape index (κ1) is 17.8. The van der Waals surface area contributed by atoms with Gasteiger partial charge in [0.15, 0.2) is 0 Å². The molecule has 0 fully saturated rings. The molecule has 0 aliphatic carbocycles. The zero-order valence-corrected chi connectivity index (χ0v) is 13.4. The minimum atomic E-state index is -0.573. The number of aromatic hydroxyl groups is 1. The van der Waals surface area contributed by atoms with Crippen molar-refractivity contribution in [1.29, 1.82) is 0 Å². The fourth-order valence-corrected chi connectivity index (χ4v) is 1.84. The standard InChI is InChI=1S/C16H23NO5/c1-16(2,3)22-15(20)17-10-12-9-13(18)7-5-11(12)6-8-14(19)21-4/h5,7,9,18H,6,8,10H2,1-4H3,(H,17,20). The molecule has 122 valence electrons. The van der Waals surface area contributed by atoms with E-state index in [0.29, 0.717) is 6.42 Å². The molecule has 0 heterocycles. The number of carbonyl (C=O) groups excluding carboxylic acids is 2. The summed E-state index contributed by atoms with van der Waals surface area (Å²) in [6.45, 7) is 5.55. The van der Waals surface area contributed by atoms with Crippen molar-refractivity contribution in [1.82, 2.24) is 5.32 Å². The van der Waals surface area contributed by atoms with Gasteiger partial charge in [0.1, 0.15) is 11.4 Å². The number of hydrogen-bond donors (Lipinski definition) is 2. The fourth-order valence-electron chi connectivity index (χ4n) is 1.84. The molecule has 0 aliphatic rings. The number of rotatable bonds is 5. The van der Waals surface area contributed by atoms with Gasteiger partial charge in [-0.2, -0.15) is 0 Å². The van der Waals surface area contributed by atoms with Crippen LogP contribution in [0.2, 0.25) is 0 Å². The molecule has 0 aromatic heterocycles. The van der Waals surface area contributed by atoms with Gasteiger partial charge >= 0.3 is 12.1 Å². The number of ether oxygens (including phenoxy) is 2. The van der Waals surface area contributed by atoms with Crippen LogP contribution < -0.4 is 5.32 Å². The zero-order chi connectivity index (χ0) is 16.8. The third-order valence-electron chi connectivity index (χ3n) is 2.84. The molecular weight excluding hydrogens is 286 g/mol. The van der Waals surface area contributed by atoms with Gasteiger partial charge in [-0.1, -0.05) is 6.07 Å². The minimum absolute atomic E-state index is 0.0998. The smallest absolute Gasteiger partial charge is 0.407 e. The lowest BCUT2D eigenvalue weighted by molar-refractivity contribution is -0.140. The predicted molar refractivity (Wildman–Crippen MR) is 81.5 cm³/mol. The highest BCUT2D eigenvalue weighted by molar-refractivity contribution is 5.69. The maximum absolute atomic E-state index is 11.7. The lowest BCUT2D eigenvalue weighted by Gasteiger charge is -2.20. The summed E-state index contributed by atoms with van der Waals surface area (Å²) in [6, 6.07) is 4.83. The summed E-state index contributed by atoms with van der Waals surface area (Å²) in [6.07, 6.45) is 0.175. The Labute approximate surface area is 130 Å². The summed E-state index contributed by atoms with van der Waals surface area (Å²) in [4.78, 5) is 22.9. The highest BCUT2D eigenvalue weighted by Gasteiger charge is 2.16. The molecule has 1 aromatic rings. The topological polar surface area (TPSA) is 84.9 Å². The van der Waals surface area contributed by atoms with Crippen LogP contribution in [-0.2, 0) is 27.2 Å². The maximum atomic E-state index is 11.7. The molecule has 6 heteroatoms. The van der Waals surface area contributed by atoms with E-state index in [-0.39, 0.29) is 24.7 Å². The first-order chi connectivity index (χ1) is 10.2. The number of aryl methyl sites for hydroxylation is 1. The maximum Gasteiger partial charge on any atom is 0.407 e. The van der Waals surface area contributed by atoms with E-state index in [1.807, 2.05) is 0 Å². The van der Waals surface area contributed by atoms with Crippen molar-refractivity contribution in [3.05, 3.63) is 29.3 Å². The molecule has 0 aliphatic heterocycles. The SMILES string of the molecule is COC(=O)CCc1ccc(O)cc1CNC(=O)OC(C)(C)C. The van der Waals surface area contributed by atoms with E-state index in [1.165, 1.54) is 7.11 Å². The Kier molecular flexibility index (Phi) is 6.22. The van der Waals surface area contributed by atoms with Crippen molar-refractivity contribution < 1.29 is 24.2 Å². The van der Waals surface area contributed by atoms with Crippen molar-refractivity contribution in [2.75, 3.05) is 7.11 Å². The first-order valence-electron chi connectivity index (χ1n) is 7.05. The van der Waals surface area contributed by atoms with E-state index < -0.39 is 11.7 Å². The number of benzene rings is 1. The molecule has 0 radical (unpaired) electrons. The Balaban J connectivity index is 2.70. The molecule has 0 spiro atoms. The lowest BCUT2D eigenvalue weighted by atomic mass is 10.0. The molecule has 6 nitrogen and oxygen atoms in total. The van der Waals surface area contributed by atoms with Crippen LogP contribution in [0.15, 0.2) is 18.2 Å². The molecule has 0 saturated heterocycles. The number of methoxy groups -OCH3 is 1. The van der Waals surface area contributed by atoms with Gasteiger partial charge in [-0.15, -0.1) is 0 Å². The first-order valence-corrected chi connectivity index (χ1v) is 7.05. The number of amides is 1. The number of nitrogens with one attached hydrogen (secondary N) is 1.